The van der Waals surface area contributed by atoms with Crippen LogP contribution in [-0.2, 0) is 65.4 Å². The number of aliphatic hydroxyl groups excluding tert-OH is 1. The Kier molecular flexibility index (Phi) is 63.1. The van der Waals surface area contributed by atoms with Gasteiger partial charge in [0.15, 0.2) is 12.2 Å². The summed E-state index contributed by atoms with van der Waals surface area (Å²) in [6.07, 6.45) is 48.9. The van der Waals surface area contributed by atoms with E-state index in [1.165, 1.54) is 173 Å². The number of carbonyl (C=O) groups is 4. The molecule has 0 rings (SSSR count). The van der Waals surface area contributed by atoms with E-state index in [1.54, 1.807) is 0 Å². The Balaban J connectivity index is 5.14. The molecule has 558 valence electrons. The molecule has 0 aliphatic heterocycles. The van der Waals surface area contributed by atoms with Crippen LogP contribution in [0.3, 0.4) is 0 Å². The first-order valence-electron chi connectivity index (χ1n) is 38.8. The fourth-order valence-corrected chi connectivity index (χ4v) is 12.9. The number of hydrogen-bond donors (Lipinski definition) is 3. The van der Waals surface area contributed by atoms with Gasteiger partial charge in [-0.05, 0) is 49.4 Å². The van der Waals surface area contributed by atoms with Gasteiger partial charge in [-0.25, -0.2) is 9.13 Å². The van der Waals surface area contributed by atoms with Gasteiger partial charge in [0, 0.05) is 25.7 Å². The maximum absolute atomic E-state index is 13.1. The van der Waals surface area contributed by atoms with Crippen molar-refractivity contribution in [2.24, 2.45) is 23.7 Å². The van der Waals surface area contributed by atoms with Crippen LogP contribution in [0.15, 0.2) is 0 Å². The van der Waals surface area contributed by atoms with Gasteiger partial charge in [0.2, 0.25) is 0 Å². The van der Waals surface area contributed by atoms with Crippen molar-refractivity contribution in [1.29, 1.82) is 0 Å². The minimum absolute atomic E-state index is 0.102. The first-order chi connectivity index (χ1) is 45.2. The molecule has 0 bridgehead atoms. The molecule has 3 N–H and O–H groups in total. The highest BCUT2D eigenvalue weighted by Crippen LogP contribution is 2.45. The molecular formula is C75H146O17P2. The fraction of sp³-hybridized carbons (Fsp3) is 0.947. The zero-order valence-electron chi connectivity index (χ0n) is 61.6. The van der Waals surface area contributed by atoms with Gasteiger partial charge < -0.3 is 33.8 Å². The first kappa shape index (κ1) is 92.1. The molecule has 94 heavy (non-hydrogen) atoms. The van der Waals surface area contributed by atoms with Crippen LogP contribution in [0.5, 0.6) is 0 Å². The van der Waals surface area contributed by atoms with E-state index in [2.05, 4.69) is 55.4 Å². The van der Waals surface area contributed by atoms with E-state index < -0.39 is 97.5 Å². The number of aliphatic hydroxyl groups is 1. The van der Waals surface area contributed by atoms with E-state index in [1.807, 2.05) is 0 Å². The van der Waals surface area contributed by atoms with Gasteiger partial charge in [0.05, 0.1) is 26.4 Å². The molecule has 0 spiro atoms. The van der Waals surface area contributed by atoms with Crippen LogP contribution in [0, 0.1) is 23.7 Å². The van der Waals surface area contributed by atoms with Crippen molar-refractivity contribution in [2.75, 3.05) is 39.6 Å². The van der Waals surface area contributed by atoms with E-state index in [4.69, 9.17) is 37.0 Å². The Morgan fingerprint density at radius 3 is 0.755 bits per heavy atom. The van der Waals surface area contributed by atoms with Gasteiger partial charge in [0.25, 0.3) is 0 Å². The van der Waals surface area contributed by atoms with Crippen molar-refractivity contribution >= 4 is 39.5 Å². The van der Waals surface area contributed by atoms with E-state index in [-0.39, 0.29) is 25.7 Å². The molecular weight excluding hydrogens is 1230 g/mol. The monoisotopic (exact) mass is 1380 g/mol. The lowest BCUT2D eigenvalue weighted by Crippen LogP contribution is -2.30. The summed E-state index contributed by atoms with van der Waals surface area (Å²) < 4.78 is 68.4. The lowest BCUT2D eigenvalue weighted by molar-refractivity contribution is -0.161. The van der Waals surface area contributed by atoms with Crippen molar-refractivity contribution < 1.29 is 80.2 Å². The third kappa shape index (κ3) is 66.0. The van der Waals surface area contributed by atoms with Crippen molar-refractivity contribution in [3.05, 3.63) is 0 Å². The highest BCUT2D eigenvalue weighted by Gasteiger charge is 2.30. The second kappa shape index (κ2) is 64.4. The average molecular weight is 1380 g/mol. The molecule has 0 amide bonds. The molecule has 0 aromatic heterocycles. The lowest BCUT2D eigenvalue weighted by atomic mass is 9.99. The van der Waals surface area contributed by atoms with Crippen molar-refractivity contribution in [3.63, 3.8) is 0 Å². The van der Waals surface area contributed by atoms with Crippen LogP contribution >= 0.6 is 15.6 Å². The normalized spacial score (nSPS) is 14.7. The summed E-state index contributed by atoms with van der Waals surface area (Å²) in [5, 5.41) is 10.6. The van der Waals surface area contributed by atoms with Gasteiger partial charge in [-0.2, -0.15) is 0 Å². The Labute approximate surface area is 575 Å². The Morgan fingerprint density at radius 2 is 0.511 bits per heavy atom. The maximum atomic E-state index is 13.1. The zero-order valence-corrected chi connectivity index (χ0v) is 63.4. The van der Waals surface area contributed by atoms with Crippen molar-refractivity contribution in [3.8, 4) is 0 Å². The molecule has 0 saturated carbocycles. The lowest BCUT2D eigenvalue weighted by Gasteiger charge is -2.21. The number of carbonyl (C=O) groups excluding carboxylic acids is 4. The number of rotatable bonds is 72. The molecule has 0 fully saturated rings. The SMILES string of the molecule is CCC(C)CCCCCCCCCCCCCCCCCCCCC(=O)OC[C@H](COP(=O)(O)OC[C@@H](O)COP(=O)(O)OC[C@@H](COC(=O)CCCCCCCCC(C)CC)OC(=O)CCCCCCCCCC(C)C)OC(=O)CCCCCCCCCCCC(C)C. The predicted octanol–water partition coefficient (Wildman–Crippen LogP) is 21.7. The Bertz CT molecular complexity index is 1850. The minimum atomic E-state index is -4.96. The van der Waals surface area contributed by atoms with Crippen LogP contribution < -0.4 is 0 Å². The maximum Gasteiger partial charge on any atom is 0.472 e. The van der Waals surface area contributed by atoms with E-state index >= 15 is 0 Å². The standard InChI is InChI=1S/C75H146O17P2/c1-9-67(7)53-45-37-29-23-19-17-15-13-11-12-14-16-18-20-24-30-39-47-55-72(77)85-61-70(91-74(79)57-49-41-31-25-21-22-27-35-43-51-65(3)4)63-89-93(81,82)87-59-69(76)60-88-94(83,84)90-64-71(92-75(80)58-50-42-32-26-28-36-44-52-66(5)6)62-86-73(78)56-48-40-34-33-38-46-54-68(8)10-2/h65-71,76H,9-64H2,1-8H3,(H,81,82)(H,83,84)/t67?,68?,69-,70-,71-/m1/s1. The van der Waals surface area contributed by atoms with E-state index in [9.17, 15) is 43.2 Å². The van der Waals surface area contributed by atoms with Crippen LogP contribution in [0.4, 0.5) is 0 Å². The summed E-state index contributed by atoms with van der Waals surface area (Å²) in [5.74, 6) is 0.909. The van der Waals surface area contributed by atoms with Gasteiger partial charge in [0.1, 0.15) is 19.3 Å². The summed E-state index contributed by atoms with van der Waals surface area (Å²) >= 11 is 0. The second-order valence-corrected chi connectivity index (χ2v) is 31.4. The van der Waals surface area contributed by atoms with Crippen molar-refractivity contribution in [2.45, 2.75) is 395 Å². The molecule has 17 nitrogen and oxygen atoms in total. The molecule has 7 atom stereocenters. The smallest absolute Gasteiger partial charge is 0.462 e. The number of phosphoric acid groups is 2. The van der Waals surface area contributed by atoms with Crippen molar-refractivity contribution in [1.82, 2.24) is 0 Å². The molecule has 0 aliphatic carbocycles. The molecule has 0 radical (unpaired) electrons. The van der Waals surface area contributed by atoms with Crippen LogP contribution in [0.1, 0.15) is 376 Å². The summed E-state index contributed by atoms with van der Waals surface area (Å²) in [4.78, 5) is 72.6. The van der Waals surface area contributed by atoms with Gasteiger partial charge in [-0.15, -0.1) is 0 Å². The summed E-state index contributed by atoms with van der Waals surface area (Å²) in [6, 6.07) is 0. The third-order valence-electron chi connectivity index (χ3n) is 18.0. The number of ether oxygens (including phenoxy) is 4. The van der Waals surface area contributed by atoms with E-state index in [0.29, 0.717) is 31.6 Å². The highest BCUT2D eigenvalue weighted by atomic mass is 31.2. The Hall–Kier alpha value is -1.94. The van der Waals surface area contributed by atoms with Crippen LogP contribution in [-0.4, -0.2) is 96.7 Å². The number of hydrogen-bond acceptors (Lipinski definition) is 15. The quantitative estimate of drug-likeness (QED) is 0.0222. The van der Waals surface area contributed by atoms with Crippen LogP contribution in [0.25, 0.3) is 0 Å². The summed E-state index contributed by atoms with van der Waals surface area (Å²) in [5.41, 5.74) is 0. The number of unbranched alkanes of at least 4 members (excludes halogenated alkanes) is 36. The molecule has 0 aromatic carbocycles. The second-order valence-electron chi connectivity index (χ2n) is 28.5. The largest absolute Gasteiger partial charge is 0.472 e. The zero-order chi connectivity index (χ0) is 69.6. The Morgan fingerprint density at radius 1 is 0.298 bits per heavy atom. The molecule has 0 aliphatic rings. The fourth-order valence-electron chi connectivity index (χ4n) is 11.3. The number of esters is 4. The molecule has 19 heteroatoms. The molecule has 4 unspecified atom stereocenters. The van der Waals surface area contributed by atoms with Gasteiger partial charge in [-0.3, -0.25) is 37.3 Å². The molecule has 0 saturated heterocycles. The topological polar surface area (TPSA) is 237 Å². The highest BCUT2D eigenvalue weighted by molar-refractivity contribution is 7.47. The third-order valence-corrected chi connectivity index (χ3v) is 19.9. The molecule has 0 heterocycles. The first-order valence-corrected chi connectivity index (χ1v) is 41.8. The van der Waals surface area contributed by atoms with Gasteiger partial charge in [-0.1, -0.05) is 325 Å². The molecule has 0 aromatic rings. The minimum Gasteiger partial charge on any atom is -0.462 e. The number of phosphoric ester groups is 2. The van der Waals surface area contributed by atoms with Gasteiger partial charge >= 0.3 is 39.5 Å². The van der Waals surface area contributed by atoms with E-state index in [0.717, 1.165) is 114 Å². The summed E-state index contributed by atoms with van der Waals surface area (Å²) in [6.45, 7) is 14.1. The average Bonchev–Trinajstić information content (AvgIpc) is 1.68. The van der Waals surface area contributed by atoms with Crippen LogP contribution in [0.2, 0.25) is 0 Å². The predicted molar refractivity (Wildman–Crippen MR) is 381 cm³/mol. The summed E-state index contributed by atoms with van der Waals surface area (Å²) in [7, 11) is -9.91.